The van der Waals surface area contributed by atoms with Crippen molar-refractivity contribution in [2.75, 3.05) is 14.2 Å². The first kappa shape index (κ1) is 12.4. The third-order valence-electron chi connectivity index (χ3n) is 3.20. The molecule has 0 aliphatic rings. The topological polar surface area (TPSA) is 51.8 Å². The first-order chi connectivity index (χ1) is 9.71. The van der Waals surface area contributed by atoms with Gasteiger partial charge < -0.3 is 19.0 Å². The number of hydrogen-bond donors (Lipinski definition) is 1. The van der Waals surface area contributed by atoms with E-state index in [1.54, 1.807) is 32.4 Å². The van der Waals surface area contributed by atoms with Crippen LogP contribution in [-0.4, -0.2) is 19.3 Å². The first-order valence-corrected chi connectivity index (χ1v) is 6.16. The average Bonchev–Trinajstić information content (AvgIpc) is 2.89. The lowest BCUT2D eigenvalue weighted by Gasteiger charge is -2.04. The Labute approximate surface area is 116 Å². The van der Waals surface area contributed by atoms with E-state index in [2.05, 4.69) is 0 Å². The van der Waals surface area contributed by atoms with Crippen molar-refractivity contribution in [3.8, 4) is 28.6 Å². The molecule has 0 aliphatic carbocycles. The quantitative estimate of drug-likeness (QED) is 0.786. The largest absolute Gasteiger partial charge is 0.507 e. The van der Waals surface area contributed by atoms with Crippen LogP contribution < -0.4 is 9.47 Å². The fourth-order valence-electron chi connectivity index (χ4n) is 2.12. The van der Waals surface area contributed by atoms with E-state index in [4.69, 9.17) is 13.9 Å². The highest BCUT2D eigenvalue weighted by atomic mass is 16.5. The molecule has 0 unspecified atom stereocenters. The summed E-state index contributed by atoms with van der Waals surface area (Å²) < 4.78 is 16.0. The molecule has 20 heavy (non-hydrogen) atoms. The fraction of sp³-hybridized carbons (Fsp3) is 0.125. The molecule has 102 valence electrons. The van der Waals surface area contributed by atoms with Crippen molar-refractivity contribution < 1.29 is 19.0 Å². The van der Waals surface area contributed by atoms with Crippen molar-refractivity contribution in [3.05, 3.63) is 42.5 Å². The van der Waals surface area contributed by atoms with Crippen molar-refractivity contribution in [1.82, 2.24) is 0 Å². The summed E-state index contributed by atoms with van der Waals surface area (Å²) in [6.07, 6.45) is 0. The van der Waals surface area contributed by atoms with Crippen molar-refractivity contribution >= 4 is 11.0 Å². The Morgan fingerprint density at radius 2 is 1.60 bits per heavy atom. The van der Waals surface area contributed by atoms with Crippen LogP contribution in [0.3, 0.4) is 0 Å². The van der Waals surface area contributed by atoms with Crippen LogP contribution in [0.4, 0.5) is 0 Å². The van der Waals surface area contributed by atoms with Crippen molar-refractivity contribution in [3.63, 3.8) is 0 Å². The molecule has 3 aromatic rings. The van der Waals surface area contributed by atoms with Gasteiger partial charge >= 0.3 is 0 Å². The third kappa shape index (κ3) is 2.05. The number of ether oxygens (including phenoxy) is 2. The van der Waals surface area contributed by atoms with Gasteiger partial charge in [-0.15, -0.1) is 0 Å². The van der Waals surface area contributed by atoms with E-state index >= 15 is 0 Å². The highest BCUT2D eigenvalue weighted by molar-refractivity contribution is 5.85. The van der Waals surface area contributed by atoms with E-state index in [1.165, 1.54) is 0 Å². The van der Waals surface area contributed by atoms with E-state index in [0.717, 1.165) is 16.7 Å². The minimum atomic E-state index is 0.121. The average molecular weight is 270 g/mol. The summed E-state index contributed by atoms with van der Waals surface area (Å²) in [5.74, 6) is 2.06. The van der Waals surface area contributed by atoms with E-state index < -0.39 is 0 Å². The van der Waals surface area contributed by atoms with E-state index in [1.807, 2.05) is 24.3 Å². The third-order valence-corrected chi connectivity index (χ3v) is 3.20. The zero-order valence-corrected chi connectivity index (χ0v) is 11.2. The lowest BCUT2D eigenvalue weighted by molar-refractivity contribution is 0.408. The lowest BCUT2D eigenvalue weighted by atomic mass is 10.1. The summed E-state index contributed by atoms with van der Waals surface area (Å²) in [5.41, 5.74) is 1.34. The summed E-state index contributed by atoms with van der Waals surface area (Å²) in [4.78, 5) is 0. The number of phenolic OH excluding ortho intramolecular Hbond substituents is 1. The van der Waals surface area contributed by atoms with Gasteiger partial charge in [0.05, 0.1) is 19.8 Å². The van der Waals surface area contributed by atoms with Crippen molar-refractivity contribution in [2.45, 2.75) is 0 Å². The van der Waals surface area contributed by atoms with Crippen LogP contribution in [0.2, 0.25) is 0 Å². The van der Waals surface area contributed by atoms with Crippen molar-refractivity contribution in [1.29, 1.82) is 0 Å². The molecule has 0 fully saturated rings. The van der Waals surface area contributed by atoms with Crippen LogP contribution in [0.1, 0.15) is 0 Å². The molecule has 0 saturated carbocycles. The maximum atomic E-state index is 10.0. The molecule has 4 heteroatoms. The van der Waals surface area contributed by atoms with Crippen LogP contribution in [0, 0.1) is 0 Å². The molecule has 0 radical (unpaired) electrons. The summed E-state index contributed by atoms with van der Waals surface area (Å²) in [7, 11) is 3.17. The molecule has 0 aliphatic heterocycles. The van der Waals surface area contributed by atoms with Gasteiger partial charge in [-0.1, -0.05) is 0 Å². The van der Waals surface area contributed by atoms with E-state index in [9.17, 15) is 5.11 Å². The van der Waals surface area contributed by atoms with Crippen LogP contribution >= 0.6 is 0 Å². The Bertz CT molecular complexity index is 758. The first-order valence-electron chi connectivity index (χ1n) is 6.16. The molecule has 0 amide bonds. The monoisotopic (exact) mass is 270 g/mol. The normalized spacial score (nSPS) is 10.7. The van der Waals surface area contributed by atoms with Gasteiger partial charge in [0.1, 0.15) is 28.6 Å². The second kappa shape index (κ2) is 4.81. The summed E-state index contributed by atoms with van der Waals surface area (Å²) >= 11 is 0. The summed E-state index contributed by atoms with van der Waals surface area (Å²) in [6, 6.07) is 12.6. The van der Waals surface area contributed by atoms with Gasteiger partial charge in [0.2, 0.25) is 0 Å². The SMILES string of the molecule is COc1ccc(-c2cc3ccc(OC)cc3o2)c(O)c1. The van der Waals surface area contributed by atoms with Crippen LogP contribution in [0.5, 0.6) is 17.2 Å². The molecular formula is C16H14O4. The molecule has 1 aromatic heterocycles. The maximum Gasteiger partial charge on any atom is 0.139 e. The smallest absolute Gasteiger partial charge is 0.139 e. The van der Waals surface area contributed by atoms with Gasteiger partial charge in [0.25, 0.3) is 0 Å². The van der Waals surface area contributed by atoms with E-state index in [-0.39, 0.29) is 5.75 Å². The lowest BCUT2D eigenvalue weighted by Crippen LogP contribution is -1.83. The molecule has 3 rings (SSSR count). The summed E-state index contributed by atoms with van der Waals surface area (Å²) in [5, 5.41) is 11.0. The second-order valence-corrected chi connectivity index (χ2v) is 4.40. The number of methoxy groups -OCH3 is 2. The number of rotatable bonds is 3. The zero-order chi connectivity index (χ0) is 14.1. The number of furan rings is 1. The van der Waals surface area contributed by atoms with E-state index in [0.29, 0.717) is 17.1 Å². The number of benzene rings is 2. The van der Waals surface area contributed by atoms with Gasteiger partial charge in [0.15, 0.2) is 0 Å². The molecule has 0 atom stereocenters. The Hall–Kier alpha value is -2.62. The molecule has 4 nitrogen and oxygen atoms in total. The highest BCUT2D eigenvalue weighted by Crippen LogP contribution is 2.36. The van der Waals surface area contributed by atoms with Gasteiger partial charge in [-0.2, -0.15) is 0 Å². The molecule has 1 heterocycles. The highest BCUT2D eigenvalue weighted by Gasteiger charge is 2.11. The second-order valence-electron chi connectivity index (χ2n) is 4.40. The molecule has 2 aromatic carbocycles. The molecule has 0 spiro atoms. The number of aromatic hydroxyl groups is 1. The fourth-order valence-corrected chi connectivity index (χ4v) is 2.12. The molecule has 0 bridgehead atoms. The van der Waals surface area contributed by atoms with Crippen LogP contribution in [0.25, 0.3) is 22.3 Å². The Balaban J connectivity index is 2.10. The summed E-state index contributed by atoms with van der Waals surface area (Å²) in [6.45, 7) is 0. The standard InChI is InChI=1S/C16H14O4/c1-18-11-5-6-13(14(17)8-11)16-7-10-3-4-12(19-2)9-15(10)20-16/h3-9,17H,1-2H3. The van der Waals surface area contributed by atoms with Gasteiger partial charge in [-0.05, 0) is 30.3 Å². The van der Waals surface area contributed by atoms with Crippen LogP contribution in [0.15, 0.2) is 46.9 Å². The maximum absolute atomic E-state index is 10.0. The van der Waals surface area contributed by atoms with Gasteiger partial charge in [-0.3, -0.25) is 0 Å². The van der Waals surface area contributed by atoms with Crippen molar-refractivity contribution in [2.24, 2.45) is 0 Å². The molecule has 1 N–H and O–H groups in total. The predicted molar refractivity (Wildman–Crippen MR) is 76.4 cm³/mol. The zero-order valence-electron chi connectivity index (χ0n) is 11.2. The van der Waals surface area contributed by atoms with Crippen LogP contribution in [-0.2, 0) is 0 Å². The van der Waals surface area contributed by atoms with Gasteiger partial charge in [0, 0.05) is 17.5 Å². The predicted octanol–water partition coefficient (Wildman–Crippen LogP) is 3.82. The van der Waals surface area contributed by atoms with Gasteiger partial charge in [-0.25, -0.2) is 0 Å². The number of hydrogen-bond acceptors (Lipinski definition) is 4. The Morgan fingerprint density at radius 3 is 2.30 bits per heavy atom. The Kier molecular flexibility index (Phi) is 2.99. The number of phenols is 1. The minimum Gasteiger partial charge on any atom is -0.507 e. The number of fused-ring (bicyclic) bond motifs is 1. The molecular weight excluding hydrogens is 256 g/mol. The molecule has 0 saturated heterocycles. The minimum absolute atomic E-state index is 0.121. The Morgan fingerprint density at radius 1 is 0.900 bits per heavy atom.